The number of ether oxygens (including phenoxy) is 1. The van der Waals surface area contributed by atoms with Crippen LogP contribution in [-0.4, -0.2) is 52.4 Å². The highest BCUT2D eigenvalue weighted by molar-refractivity contribution is 7.14. The summed E-state index contributed by atoms with van der Waals surface area (Å²) in [4.78, 5) is 39.0. The molecule has 2 amide bonds. The molecule has 0 radical (unpaired) electrons. The molecule has 0 spiro atoms. The van der Waals surface area contributed by atoms with Crippen molar-refractivity contribution in [1.29, 1.82) is 0 Å². The summed E-state index contributed by atoms with van der Waals surface area (Å²) in [6, 6.07) is 16.0. The molecule has 3 aromatic rings. The maximum atomic E-state index is 12.3. The minimum atomic E-state index is -1.21. The van der Waals surface area contributed by atoms with E-state index in [1.165, 1.54) is 5.38 Å². The Labute approximate surface area is 193 Å². The molecule has 4 N–H and O–H groups in total. The van der Waals surface area contributed by atoms with E-state index in [2.05, 4.69) is 27.8 Å². The van der Waals surface area contributed by atoms with E-state index >= 15 is 0 Å². The lowest BCUT2D eigenvalue weighted by Crippen LogP contribution is -2.33. The van der Waals surface area contributed by atoms with E-state index in [1.807, 2.05) is 36.4 Å². The van der Waals surface area contributed by atoms with Crippen LogP contribution in [0.2, 0.25) is 0 Å². The number of nitrogens with zero attached hydrogens (tertiary/aromatic N) is 1. The molecule has 1 unspecified atom stereocenters. The van der Waals surface area contributed by atoms with Crippen LogP contribution in [-0.2, 0) is 9.53 Å². The first-order valence-corrected chi connectivity index (χ1v) is 11.1. The lowest BCUT2D eigenvalue weighted by molar-refractivity contribution is -0.139. The minimum Gasteiger partial charge on any atom is -0.481 e. The Morgan fingerprint density at radius 1 is 1.06 bits per heavy atom. The van der Waals surface area contributed by atoms with Gasteiger partial charge >= 0.3 is 12.1 Å². The van der Waals surface area contributed by atoms with Gasteiger partial charge in [0.1, 0.15) is 12.3 Å². The van der Waals surface area contributed by atoms with Gasteiger partial charge in [0, 0.05) is 17.8 Å². The Morgan fingerprint density at radius 2 is 1.70 bits per heavy atom. The van der Waals surface area contributed by atoms with Crippen molar-refractivity contribution < 1.29 is 29.3 Å². The number of anilines is 1. The molecule has 1 aliphatic carbocycles. The van der Waals surface area contributed by atoms with Gasteiger partial charge < -0.3 is 20.3 Å². The van der Waals surface area contributed by atoms with Crippen molar-refractivity contribution in [3.8, 4) is 11.1 Å². The number of hydrogen-bond donors (Lipinski definition) is 4. The molecule has 0 aliphatic heterocycles. The highest BCUT2D eigenvalue weighted by Gasteiger charge is 2.29. The number of fused-ring (bicyclic) bond motifs is 3. The molecule has 0 bridgehead atoms. The fourth-order valence-electron chi connectivity index (χ4n) is 3.73. The van der Waals surface area contributed by atoms with E-state index in [-0.39, 0.29) is 29.9 Å². The summed E-state index contributed by atoms with van der Waals surface area (Å²) < 4.78 is 5.46. The van der Waals surface area contributed by atoms with Crippen LogP contribution in [0.4, 0.5) is 9.93 Å². The van der Waals surface area contributed by atoms with Crippen molar-refractivity contribution in [3.05, 3.63) is 70.7 Å². The number of nitrogens with one attached hydrogen (secondary N) is 2. The van der Waals surface area contributed by atoms with Crippen LogP contribution < -0.4 is 10.6 Å². The van der Waals surface area contributed by atoms with Crippen LogP contribution in [0.3, 0.4) is 0 Å². The minimum absolute atomic E-state index is 0.0384. The Balaban J connectivity index is 1.32. The zero-order valence-electron chi connectivity index (χ0n) is 17.4. The molecule has 1 heterocycles. The largest absolute Gasteiger partial charge is 0.481 e. The van der Waals surface area contributed by atoms with E-state index < -0.39 is 30.5 Å². The van der Waals surface area contributed by atoms with Crippen molar-refractivity contribution in [2.45, 2.75) is 18.4 Å². The molecule has 33 heavy (non-hydrogen) atoms. The van der Waals surface area contributed by atoms with E-state index in [9.17, 15) is 19.5 Å². The summed E-state index contributed by atoms with van der Waals surface area (Å²) in [6.07, 6.45) is -2.37. The molecule has 2 aromatic carbocycles. The number of carbonyl (C=O) groups is 3. The number of carboxylic acids is 1. The van der Waals surface area contributed by atoms with E-state index in [0.29, 0.717) is 0 Å². The molecule has 10 heteroatoms. The normalized spacial score (nSPS) is 13.0. The first-order valence-electron chi connectivity index (χ1n) is 10.2. The Morgan fingerprint density at radius 3 is 2.33 bits per heavy atom. The number of aliphatic hydroxyl groups excluding tert-OH is 1. The zero-order valence-corrected chi connectivity index (χ0v) is 18.2. The molecule has 170 valence electrons. The summed E-state index contributed by atoms with van der Waals surface area (Å²) in [7, 11) is 0. The first-order chi connectivity index (χ1) is 15.9. The number of aliphatic hydroxyl groups is 1. The highest BCUT2D eigenvalue weighted by Crippen LogP contribution is 2.44. The maximum absolute atomic E-state index is 12.3. The number of amides is 2. The summed E-state index contributed by atoms with van der Waals surface area (Å²) >= 11 is 1.05. The molecule has 1 aliphatic rings. The third-order valence-corrected chi connectivity index (χ3v) is 5.96. The zero-order chi connectivity index (χ0) is 23.4. The highest BCUT2D eigenvalue weighted by atomic mass is 32.1. The van der Waals surface area contributed by atoms with E-state index in [4.69, 9.17) is 9.84 Å². The van der Waals surface area contributed by atoms with Gasteiger partial charge in [-0.25, -0.2) is 9.78 Å². The fraction of sp³-hybridized carbons (Fsp3) is 0.217. The molecule has 1 aromatic heterocycles. The van der Waals surface area contributed by atoms with Gasteiger partial charge in [0.2, 0.25) is 0 Å². The van der Waals surface area contributed by atoms with Gasteiger partial charge in [-0.3, -0.25) is 14.9 Å². The maximum Gasteiger partial charge on any atom is 0.413 e. The molecule has 0 saturated heterocycles. The molecular weight excluding hydrogens is 446 g/mol. The van der Waals surface area contributed by atoms with Crippen LogP contribution in [0, 0.1) is 0 Å². The summed E-state index contributed by atoms with van der Waals surface area (Å²) in [5.74, 6) is -1.82. The summed E-state index contributed by atoms with van der Waals surface area (Å²) in [5, 5.41) is 24.7. The molecule has 4 rings (SSSR count). The molecular formula is C23H21N3O6S. The number of carbonyl (C=O) groups excluding carboxylic acids is 2. The molecule has 9 nitrogen and oxygen atoms in total. The average Bonchev–Trinajstić information content (AvgIpc) is 3.38. The van der Waals surface area contributed by atoms with Crippen molar-refractivity contribution in [2.24, 2.45) is 0 Å². The van der Waals surface area contributed by atoms with Gasteiger partial charge in [-0.15, -0.1) is 11.3 Å². The average molecular weight is 468 g/mol. The lowest BCUT2D eigenvalue weighted by Gasteiger charge is -2.14. The van der Waals surface area contributed by atoms with Gasteiger partial charge in [0.05, 0.1) is 12.5 Å². The predicted octanol–water partition coefficient (Wildman–Crippen LogP) is 3.07. The van der Waals surface area contributed by atoms with Crippen LogP contribution >= 0.6 is 11.3 Å². The smallest absolute Gasteiger partial charge is 0.413 e. The van der Waals surface area contributed by atoms with Crippen molar-refractivity contribution in [1.82, 2.24) is 10.3 Å². The van der Waals surface area contributed by atoms with Crippen LogP contribution in [0.15, 0.2) is 53.9 Å². The van der Waals surface area contributed by atoms with Crippen LogP contribution in [0.5, 0.6) is 0 Å². The number of aliphatic carboxylic acids is 1. The second-order valence-electron chi connectivity index (χ2n) is 7.45. The van der Waals surface area contributed by atoms with Gasteiger partial charge in [0.15, 0.2) is 5.13 Å². The van der Waals surface area contributed by atoms with E-state index in [1.54, 1.807) is 0 Å². The molecule has 0 fully saturated rings. The van der Waals surface area contributed by atoms with E-state index in [0.717, 1.165) is 33.6 Å². The van der Waals surface area contributed by atoms with Crippen LogP contribution in [0.1, 0.15) is 34.0 Å². The first kappa shape index (κ1) is 22.4. The number of hydrogen-bond acceptors (Lipinski definition) is 7. The third-order valence-electron chi connectivity index (χ3n) is 5.20. The monoisotopic (exact) mass is 467 g/mol. The van der Waals surface area contributed by atoms with Crippen molar-refractivity contribution in [3.63, 3.8) is 0 Å². The van der Waals surface area contributed by atoms with Gasteiger partial charge in [0.25, 0.3) is 5.91 Å². The van der Waals surface area contributed by atoms with Gasteiger partial charge in [-0.1, -0.05) is 48.5 Å². The van der Waals surface area contributed by atoms with Crippen LogP contribution in [0.25, 0.3) is 11.1 Å². The summed E-state index contributed by atoms with van der Waals surface area (Å²) in [5.41, 5.74) is 4.50. The second kappa shape index (κ2) is 9.80. The van der Waals surface area contributed by atoms with Gasteiger partial charge in [-0.05, 0) is 22.3 Å². The quantitative estimate of drug-likeness (QED) is 0.399. The number of aromatic nitrogens is 1. The number of rotatable bonds is 8. The fourth-order valence-corrected chi connectivity index (χ4v) is 4.41. The molecule has 0 saturated carbocycles. The second-order valence-corrected chi connectivity index (χ2v) is 8.31. The Hall–Kier alpha value is -3.76. The lowest BCUT2D eigenvalue weighted by atomic mass is 9.98. The number of thiazole rings is 1. The predicted molar refractivity (Wildman–Crippen MR) is 121 cm³/mol. The SMILES string of the molecule is O=C(O)CC(O)CNC(=O)c1csc(NC(=O)OCC2c3ccccc3-c3ccccc32)n1. The number of carboxylic acid groups (broad SMARTS) is 1. The van der Waals surface area contributed by atoms with Crippen molar-refractivity contribution >= 4 is 34.4 Å². The Bertz CT molecular complexity index is 1150. The Kier molecular flexibility index (Phi) is 6.66. The number of benzene rings is 2. The van der Waals surface area contributed by atoms with Gasteiger partial charge in [-0.2, -0.15) is 0 Å². The van der Waals surface area contributed by atoms with Crippen molar-refractivity contribution in [2.75, 3.05) is 18.5 Å². The standard InChI is InChI=1S/C23H21N3O6S/c27-13(9-20(28)29)10-24-21(30)19-12-33-22(25-19)26-23(31)32-11-18-16-7-3-1-5-14(16)15-6-2-4-8-17(15)18/h1-8,12-13,18,27H,9-11H2,(H,24,30)(H,28,29)(H,25,26,31). The topological polar surface area (TPSA) is 138 Å². The molecule has 1 atom stereocenters. The summed E-state index contributed by atoms with van der Waals surface area (Å²) in [6.45, 7) is -0.0716. The third kappa shape index (κ3) is 5.18.